The lowest BCUT2D eigenvalue weighted by Gasteiger charge is -2.44. The topological polar surface area (TPSA) is 27.1 Å². The highest BCUT2D eigenvalue weighted by Gasteiger charge is 2.40. The van der Waals surface area contributed by atoms with Gasteiger partial charge in [-0.2, -0.15) is 0 Å². The van der Waals surface area contributed by atoms with Crippen molar-refractivity contribution in [3.63, 3.8) is 0 Å². The van der Waals surface area contributed by atoms with E-state index in [9.17, 15) is 0 Å². The van der Waals surface area contributed by atoms with Crippen molar-refractivity contribution in [2.45, 2.75) is 89.2 Å². The first-order valence-electron chi connectivity index (χ1n) is 8.98. The Balaban J connectivity index is 1.62. The molecule has 4 rings (SSSR count). The van der Waals surface area contributed by atoms with Gasteiger partial charge in [-0.05, 0) is 58.3 Å². The van der Waals surface area contributed by atoms with Crippen LogP contribution in [0.3, 0.4) is 0 Å². The van der Waals surface area contributed by atoms with Gasteiger partial charge in [-0.15, -0.1) is 0 Å². The molecule has 1 unspecified atom stereocenters. The smallest absolute Gasteiger partial charge is 0.106 e. The summed E-state index contributed by atoms with van der Waals surface area (Å²) in [6.45, 7) is 3.15. The standard InChI is InChI=1S/C18H28N2O/c1-14-19-16-7-3-4-8-17(16)20(14)15-9-12-21-18(13-15)10-5-2-6-11-18/h15H,2-13H2,1H3. The minimum Gasteiger partial charge on any atom is -0.375 e. The van der Waals surface area contributed by atoms with Crippen LogP contribution in [-0.2, 0) is 17.6 Å². The average molecular weight is 288 g/mol. The Kier molecular flexibility index (Phi) is 3.56. The van der Waals surface area contributed by atoms with Gasteiger partial charge in [0.05, 0.1) is 11.3 Å². The summed E-state index contributed by atoms with van der Waals surface area (Å²) in [6, 6.07) is 0.631. The number of ether oxygens (including phenoxy) is 1. The number of fused-ring (bicyclic) bond motifs is 1. The number of hydrogen-bond donors (Lipinski definition) is 0. The highest BCUT2D eigenvalue weighted by molar-refractivity contribution is 5.21. The summed E-state index contributed by atoms with van der Waals surface area (Å²) in [5.74, 6) is 1.25. The maximum absolute atomic E-state index is 6.28. The van der Waals surface area contributed by atoms with Crippen LogP contribution in [0.2, 0.25) is 0 Å². The number of nitrogens with zero attached hydrogens (tertiary/aromatic N) is 2. The molecule has 0 bridgehead atoms. The van der Waals surface area contributed by atoms with Crippen LogP contribution in [0.5, 0.6) is 0 Å². The van der Waals surface area contributed by atoms with E-state index in [0.29, 0.717) is 6.04 Å². The van der Waals surface area contributed by atoms with Crippen LogP contribution in [0.1, 0.15) is 81.0 Å². The van der Waals surface area contributed by atoms with Crippen LogP contribution >= 0.6 is 0 Å². The summed E-state index contributed by atoms with van der Waals surface area (Å²) in [7, 11) is 0. The lowest BCUT2D eigenvalue weighted by Crippen LogP contribution is -2.42. The molecule has 2 aliphatic carbocycles. The van der Waals surface area contributed by atoms with Gasteiger partial charge in [0.25, 0.3) is 0 Å². The minimum atomic E-state index is 0.194. The number of rotatable bonds is 1. The SMILES string of the molecule is Cc1nc2c(n1C1CCOC3(CCCCC3)C1)CCCC2. The van der Waals surface area contributed by atoms with Crippen LogP contribution in [0.4, 0.5) is 0 Å². The summed E-state index contributed by atoms with van der Waals surface area (Å²) < 4.78 is 8.89. The van der Waals surface area contributed by atoms with E-state index in [4.69, 9.17) is 9.72 Å². The lowest BCUT2D eigenvalue weighted by atomic mass is 9.78. The van der Waals surface area contributed by atoms with Gasteiger partial charge in [-0.3, -0.25) is 0 Å². The van der Waals surface area contributed by atoms with Gasteiger partial charge in [0.1, 0.15) is 5.82 Å². The van der Waals surface area contributed by atoms with Crippen molar-refractivity contribution >= 4 is 0 Å². The van der Waals surface area contributed by atoms with Gasteiger partial charge in [-0.1, -0.05) is 19.3 Å². The normalized spacial score (nSPS) is 28.5. The van der Waals surface area contributed by atoms with Crippen molar-refractivity contribution in [3.8, 4) is 0 Å². The fourth-order valence-corrected chi connectivity index (χ4v) is 4.95. The third-order valence-corrected chi connectivity index (χ3v) is 5.94. The molecule has 1 saturated carbocycles. The molecule has 1 saturated heterocycles. The number of aryl methyl sites for hydroxylation is 2. The van der Waals surface area contributed by atoms with Gasteiger partial charge in [0, 0.05) is 18.3 Å². The van der Waals surface area contributed by atoms with Crippen molar-refractivity contribution in [2.24, 2.45) is 0 Å². The summed E-state index contributed by atoms with van der Waals surface area (Å²) in [4.78, 5) is 4.88. The van der Waals surface area contributed by atoms with Crippen LogP contribution in [-0.4, -0.2) is 21.8 Å². The van der Waals surface area contributed by atoms with E-state index in [0.717, 1.165) is 6.61 Å². The minimum absolute atomic E-state index is 0.194. The summed E-state index contributed by atoms with van der Waals surface area (Å²) in [5, 5.41) is 0. The largest absolute Gasteiger partial charge is 0.375 e. The Morgan fingerprint density at radius 1 is 1.10 bits per heavy atom. The van der Waals surface area contributed by atoms with Crippen molar-refractivity contribution in [1.29, 1.82) is 0 Å². The molecular formula is C18H28N2O. The van der Waals surface area contributed by atoms with E-state index in [1.165, 1.54) is 82.1 Å². The number of aromatic nitrogens is 2. The molecule has 1 atom stereocenters. The Morgan fingerprint density at radius 3 is 2.76 bits per heavy atom. The van der Waals surface area contributed by atoms with Crippen LogP contribution in [0, 0.1) is 6.92 Å². The third kappa shape index (κ3) is 2.44. The first-order valence-corrected chi connectivity index (χ1v) is 8.98. The Morgan fingerprint density at radius 2 is 1.90 bits per heavy atom. The quantitative estimate of drug-likeness (QED) is 0.777. The lowest BCUT2D eigenvalue weighted by molar-refractivity contribution is -0.114. The first-order chi connectivity index (χ1) is 10.3. The van der Waals surface area contributed by atoms with E-state index in [1.54, 1.807) is 5.69 Å². The highest BCUT2D eigenvalue weighted by Crippen LogP contribution is 2.43. The number of hydrogen-bond acceptors (Lipinski definition) is 2. The van der Waals surface area contributed by atoms with Crippen LogP contribution < -0.4 is 0 Å². The molecule has 3 nitrogen and oxygen atoms in total. The number of imidazole rings is 1. The summed E-state index contributed by atoms with van der Waals surface area (Å²) in [5.41, 5.74) is 3.14. The van der Waals surface area contributed by atoms with E-state index in [1.807, 2.05) is 0 Å². The van der Waals surface area contributed by atoms with Crippen molar-refractivity contribution in [3.05, 3.63) is 17.2 Å². The zero-order valence-electron chi connectivity index (χ0n) is 13.4. The molecule has 1 aliphatic heterocycles. The molecule has 0 N–H and O–H groups in total. The molecule has 1 aromatic rings. The highest BCUT2D eigenvalue weighted by atomic mass is 16.5. The molecule has 0 aromatic carbocycles. The zero-order valence-corrected chi connectivity index (χ0v) is 13.4. The van der Waals surface area contributed by atoms with Gasteiger partial charge < -0.3 is 9.30 Å². The molecule has 0 radical (unpaired) electrons. The predicted molar refractivity (Wildman–Crippen MR) is 83.6 cm³/mol. The molecule has 2 heterocycles. The van der Waals surface area contributed by atoms with E-state index < -0.39 is 0 Å². The van der Waals surface area contributed by atoms with Gasteiger partial charge in [0.15, 0.2) is 0 Å². The fraction of sp³-hybridized carbons (Fsp3) is 0.833. The summed E-state index contributed by atoms with van der Waals surface area (Å²) in [6.07, 6.45) is 14.1. The fourth-order valence-electron chi connectivity index (χ4n) is 4.95. The molecule has 1 aromatic heterocycles. The molecule has 3 heteroatoms. The van der Waals surface area contributed by atoms with E-state index in [-0.39, 0.29) is 5.60 Å². The maximum Gasteiger partial charge on any atom is 0.106 e. The van der Waals surface area contributed by atoms with E-state index in [2.05, 4.69) is 11.5 Å². The van der Waals surface area contributed by atoms with Gasteiger partial charge in [-0.25, -0.2) is 4.98 Å². The third-order valence-electron chi connectivity index (χ3n) is 5.94. The second-order valence-corrected chi connectivity index (χ2v) is 7.37. The first kappa shape index (κ1) is 13.8. The van der Waals surface area contributed by atoms with Gasteiger partial charge >= 0.3 is 0 Å². The van der Waals surface area contributed by atoms with Crippen molar-refractivity contribution in [2.75, 3.05) is 6.61 Å². The molecule has 0 amide bonds. The molecular weight excluding hydrogens is 260 g/mol. The molecule has 3 aliphatic rings. The Labute approximate surface area is 128 Å². The van der Waals surface area contributed by atoms with Crippen LogP contribution in [0.25, 0.3) is 0 Å². The van der Waals surface area contributed by atoms with Gasteiger partial charge in [0.2, 0.25) is 0 Å². The summed E-state index contributed by atoms with van der Waals surface area (Å²) >= 11 is 0. The maximum atomic E-state index is 6.28. The monoisotopic (exact) mass is 288 g/mol. The van der Waals surface area contributed by atoms with Crippen molar-refractivity contribution in [1.82, 2.24) is 9.55 Å². The molecule has 1 spiro atoms. The molecule has 21 heavy (non-hydrogen) atoms. The van der Waals surface area contributed by atoms with Crippen LogP contribution in [0.15, 0.2) is 0 Å². The van der Waals surface area contributed by atoms with E-state index >= 15 is 0 Å². The Hall–Kier alpha value is -0.830. The second kappa shape index (κ2) is 5.42. The average Bonchev–Trinajstić information content (AvgIpc) is 2.84. The molecule has 116 valence electrons. The second-order valence-electron chi connectivity index (χ2n) is 7.37. The zero-order chi connectivity index (χ0) is 14.3. The molecule has 2 fully saturated rings. The predicted octanol–water partition coefficient (Wildman–Crippen LogP) is 4.12. The Bertz CT molecular complexity index is 508. The van der Waals surface area contributed by atoms with Crippen molar-refractivity contribution < 1.29 is 4.74 Å².